The van der Waals surface area contributed by atoms with Crippen molar-refractivity contribution < 1.29 is 9.18 Å². The lowest BCUT2D eigenvalue weighted by Crippen LogP contribution is -2.21. The third-order valence-electron chi connectivity index (χ3n) is 2.34. The maximum atomic E-state index is 13.0. The first-order chi connectivity index (χ1) is 8.54. The van der Waals surface area contributed by atoms with Crippen LogP contribution in [-0.4, -0.2) is 15.9 Å². The number of halogens is 1. The maximum Gasteiger partial charge on any atom is 0.244 e. The van der Waals surface area contributed by atoms with Crippen molar-refractivity contribution in [1.29, 1.82) is 0 Å². The summed E-state index contributed by atoms with van der Waals surface area (Å²) in [7, 11) is 0. The van der Waals surface area contributed by atoms with Crippen LogP contribution in [0.4, 0.5) is 4.39 Å². The van der Waals surface area contributed by atoms with E-state index in [2.05, 4.69) is 15.3 Å². The van der Waals surface area contributed by atoms with Crippen molar-refractivity contribution in [3.63, 3.8) is 0 Å². The molecule has 1 heterocycles. The molecule has 2 aromatic rings. The maximum absolute atomic E-state index is 13.0. The normalized spacial score (nSPS) is 10.4. The standard InChI is InChI=1S/C13H14FN3O/c1-8(2)5-13(18)15-7-12-16-10-4-3-9(14)6-11(10)17-12/h3-6H,7H2,1-2H3,(H,15,18)(H,16,17). The second-order valence-corrected chi connectivity index (χ2v) is 4.28. The van der Waals surface area contributed by atoms with Gasteiger partial charge in [-0.15, -0.1) is 0 Å². The average Bonchev–Trinajstić information content (AvgIpc) is 2.67. The summed E-state index contributed by atoms with van der Waals surface area (Å²) in [6.07, 6.45) is 1.52. The number of hydrogen-bond acceptors (Lipinski definition) is 2. The Morgan fingerprint density at radius 1 is 1.50 bits per heavy atom. The summed E-state index contributed by atoms with van der Waals surface area (Å²) in [5.74, 6) is 0.124. The highest BCUT2D eigenvalue weighted by atomic mass is 19.1. The molecule has 4 nitrogen and oxygen atoms in total. The van der Waals surface area contributed by atoms with Crippen LogP contribution in [0.2, 0.25) is 0 Å². The molecule has 1 amide bonds. The molecule has 94 valence electrons. The van der Waals surface area contributed by atoms with Gasteiger partial charge in [-0.1, -0.05) is 5.57 Å². The summed E-state index contributed by atoms with van der Waals surface area (Å²) >= 11 is 0. The Kier molecular flexibility index (Phi) is 3.41. The third kappa shape index (κ3) is 2.94. The number of benzene rings is 1. The monoisotopic (exact) mass is 247 g/mol. The Labute approximate surface area is 104 Å². The van der Waals surface area contributed by atoms with E-state index in [1.54, 1.807) is 6.07 Å². The van der Waals surface area contributed by atoms with Crippen LogP contribution in [0, 0.1) is 5.82 Å². The first kappa shape index (κ1) is 12.3. The molecule has 0 aliphatic carbocycles. The molecule has 0 spiro atoms. The van der Waals surface area contributed by atoms with Gasteiger partial charge >= 0.3 is 0 Å². The molecule has 0 saturated carbocycles. The van der Waals surface area contributed by atoms with Gasteiger partial charge in [0.05, 0.1) is 17.6 Å². The summed E-state index contributed by atoms with van der Waals surface area (Å²) in [6, 6.07) is 4.33. The lowest BCUT2D eigenvalue weighted by molar-refractivity contribution is -0.116. The zero-order valence-electron chi connectivity index (χ0n) is 10.2. The third-order valence-corrected chi connectivity index (χ3v) is 2.34. The van der Waals surface area contributed by atoms with Gasteiger partial charge in [0.15, 0.2) is 0 Å². The number of hydrogen-bond donors (Lipinski definition) is 2. The number of aromatic nitrogens is 2. The number of allylic oxidation sites excluding steroid dienone is 1. The summed E-state index contributed by atoms with van der Waals surface area (Å²) in [5.41, 5.74) is 2.24. The van der Waals surface area contributed by atoms with E-state index in [9.17, 15) is 9.18 Å². The van der Waals surface area contributed by atoms with Crippen LogP contribution in [0.3, 0.4) is 0 Å². The molecule has 2 rings (SSSR count). The minimum absolute atomic E-state index is 0.165. The molecular weight excluding hydrogens is 233 g/mol. The molecule has 0 fully saturated rings. The van der Waals surface area contributed by atoms with E-state index in [1.165, 1.54) is 18.2 Å². The highest BCUT2D eigenvalue weighted by molar-refractivity contribution is 5.88. The Balaban J connectivity index is 2.08. The molecular formula is C13H14FN3O. The smallest absolute Gasteiger partial charge is 0.244 e. The number of carbonyl (C=O) groups is 1. The summed E-state index contributed by atoms with van der Waals surface area (Å²) in [5, 5.41) is 2.70. The average molecular weight is 247 g/mol. The van der Waals surface area contributed by atoms with Gasteiger partial charge in [-0.05, 0) is 32.0 Å². The van der Waals surface area contributed by atoms with Crippen LogP contribution in [0.25, 0.3) is 11.0 Å². The minimum Gasteiger partial charge on any atom is -0.345 e. The van der Waals surface area contributed by atoms with Gasteiger partial charge < -0.3 is 10.3 Å². The predicted molar refractivity (Wildman–Crippen MR) is 67.3 cm³/mol. The van der Waals surface area contributed by atoms with Crippen LogP contribution in [0.1, 0.15) is 19.7 Å². The largest absolute Gasteiger partial charge is 0.345 e. The molecule has 0 radical (unpaired) electrons. The Morgan fingerprint density at radius 2 is 2.28 bits per heavy atom. The molecule has 2 N–H and O–H groups in total. The number of fused-ring (bicyclic) bond motifs is 1. The molecule has 0 atom stereocenters. The lowest BCUT2D eigenvalue weighted by Gasteiger charge is -1.98. The van der Waals surface area contributed by atoms with Gasteiger partial charge in [0.1, 0.15) is 11.6 Å². The molecule has 0 aliphatic rings. The minimum atomic E-state index is -0.314. The SMILES string of the molecule is CC(C)=CC(=O)NCc1nc2ccc(F)cc2[nH]1. The van der Waals surface area contributed by atoms with Gasteiger partial charge in [0.25, 0.3) is 0 Å². The number of carbonyl (C=O) groups excluding carboxylic acids is 1. The molecule has 0 unspecified atom stereocenters. The van der Waals surface area contributed by atoms with Crippen molar-refractivity contribution >= 4 is 16.9 Å². The summed E-state index contributed by atoms with van der Waals surface area (Å²) in [4.78, 5) is 18.6. The van der Waals surface area contributed by atoms with E-state index in [0.717, 1.165) is 5.57 Å². The van der Waals surface area contributed by atoms with Crippen LogP contribution in [0.5, 0.6) is 0 Å². The number of nitrogens with one attached hydrogen (secondary N) is 2. The van der Waals surface area contributed by atoms with Gasteiger partial charge in [-0.3, -0.25) is 4.79 Å². The highest BCUT2D eigenvalue weighted by Crippen LogP contribution is 2.12. The van der Waals surface area contributed by atoms with Crippen molar-refractivity contribution in [1.82, 2.24) is 15.3 Å². The van der Waals surface area contributed by atoms with E-state index in [1.807, 2.05) is 13.8 Å². The van der Waals surface area contributed by atoms with Crippen LogP contribution in [-0.2, 0) is 11.3 Å². The van der Waals surface area contributed by atoms with E-state index in [-0.39, 0.29) is 11.7 Å². The number of H-pyrrole nitrogens is 1. The van der Waals surface area contributed by atoms with Crippen molar-refractivity contribution in [3.05, 3.63) is 41.5 Å². The second kappa shape index (κ2) is 5.00. The van der Waals surface area contributed by atoms with Crippen molar-refractivity contribution in [3.8, 4) is 0 Å². The van der Waals surface area contributed by atoms with Crippen LogP contribution in [0.15, 0.2) is 29.8 Å². The van der Waals surface area contributed by atoms with E-state index < -0.39 is 0 Å². The van der Waals surface area contributed by atoms with Crippen LogP contribution < -0.4 is 5.32 Å². The Bertz CT molecular complexity index is 612. The fourth-order valence-electron chi connectivity index (χ4n) is 1.60. The quantitative estimate of drug-likeness (QED) is 0.817. The van der Waals surface area contributed by atoms with E-state index in [0.29, 0.717) is 23.4 Å². The molecule has 0 aliphatic heterocycles. The number of rotatable bonds is 3. The van der Waals surface area contributed by atoms with Gasteiger partial charge in [-0.25, -0.2) is 9.37 Å². The number of amides is 1. The molecule has 1 aromatic carbocycles. The van der Waals surface area contributed by atoms with Crippen molar-refractivity contribution in [2.45, 2.75) is 20.4 Å². The first-order valence-electron chi connectivity index (χ1n) is 5.61. The summed E-state index contributed by atoms with van der Waals surface area (Å²) in [6.45, 7) is 3.99. The molecule has 1 aromatic heterocycles. The fourth-order valence-corrected chi connectivity index (χ4v) is 1.60. The first-order valence-corrected chi connectivity index (χ1v) is 5.61. The number of nitrogens with zero attached hydrogens (tertiary/aromatic N) is 1. The zero-order chi connectivity index (χ0) is 13.1. The predicted octanol–water partition coefficient (Wildman–Crippen LogP) is 2.28. The molecule has 5 heteroatoms. The zero-order valence-corrected chi connectivity index (χ0v) is 10.2. The van der Waals surface area contributed by atoms with E-state index >= 15 is 0 Å². The van der Waals surface area contributed by atoms with Crippen LogP contribution >= 0.6 is 0 Å². The summed E-state index contributed by atoms with van der Waals surface area (Å²) < 4.78 is 13.0. The fraction of sp³-hybridized carbons (Fsp3) is 0.231. The lowest BCUT2D eigenvalue weighted by atomic mass is 10.3. The molecule has 0 saturated heterocycles. The van der Waals surface area contributed by atoms with Gasteiger partial charge in [-0.2, -0.15) is 0 Å². The van der Waals surface area contributed by atoms with E-state index in [4.69, 9.17) is 0 Å². The van der Waals surface area contributed by atoms with Gasteiger partial charge in [0.2, 0.25) is 5.91 Å². The number of aromatic amines is 1. The Morgan fingerprint density at radius 3 is 3.00 bits per heavy atom. The van der Waals surface area contributed by atoms with Crippen molar-refractivity contribution in [2.24, 2.45) is 0 Å². The van der Waals surface area contributed by atoms with Gasteiger partial charge in [0, 0.05) is 6.08 Å². The topological polar surface area (TPSA) is 57.8 Å². The molecule has 18 heavy (non-hydrogen) atoms. The highest BCUT2D eigenvalue weighted by Gasteiger charge is 2.04. The Hall–Kier alpha value is -2.17. The second-order valence-electron chi connectivity index (χ2n) is 4.28. The van der Waals surface area contributed by atoms with Crippen molar-refractivity contribution in [2.75, 3.05) is 0 Å². The number of imidazole rings is 1. The molecule has 0 bridgehead atoms.